The number of anilines is 2. The predicted octanol–water partition coefficient (Wildman–Crippen LogP) is 4.15. The molecular formula is C15H17ClN2. The van der Waals surface area contributed by atoms with E-state index in [0.29, 0.717) is 5.88 Å². The molecule has 1 aromatic carbocycles. The van der Waals surface area contributed by atoms with E-state index in [9.17, 15) is 0 Å². The molecule has 1 aromatic heterocycles. The zero-order chi connectivity index (χ0) is 13.0. The molecule has 0 spiro atoms. The van der Waals surface area contributed by atoms with E-state index >= 15 is 0 Å². The fraction of sp³-hybridized carbons (Fsp3) is 0.267. The Hall–Kier alpha value is -1.54. The van der Waals surface area contributed by atoms with Crippen LogP contribution in [-0.4, -0.2) is 12.0 Å². The van der Waals surface area contributed by atoms with Crippen molar-refractivity contribution in [3.63, 3.8) is 0 Å². The van der Waals surface area contributed by atoms with Crippen LogP contribution in [0.5, 0.6) is 0 Å². The van der Waals surface area contributed by atoms with Crippen LogP contribution in [0, 0.1) is 0 Å². The third kappa shape index (κ3) is 2.82. The second-order valence-electron chi connectivity index (χ2n) is 4.22. The first-order valence-corrected chi connectivity index (χ1v) is 6.61. The molecule has 0 aliphatic rings. The van der Waals surface area contributed by atoms with Gasteiger partial charge in [0.25, 0.3) is 0 Å². The van der Waals surface area contributed by atoms with Gasteiger partial charge in [-0.25, -0.2) is 0 Å². The van der Waals surface area contributed by atoms with E-state index in [1.165, 1.54) is 11.3 Å². The third-order valence-corrected chi connectivity index (χ3v) is 3.33. The van der Waals surface area contributed by atoms with Gasteiger partial charge in [-0.3, -0.25) is 4.98 Å². The highest BCUT2D eigenvalue weighted by molar-refractivity contribution is 6.16. The molecule has 18 heavy (non-hydrogen) atoms. The third-order valence-electron chi connectivity index (χ3n) is 3.06. The Bertz CT molecular complexity index is 508. The fourth-order valence-electron chi connectivity index (χ4n) is 1.85. The maximum absolute atomic E-state index is 5.81. The van der Waals surface area contributed by atoms with Crippen molar-refractivity contribution in [1.29, 1.82) is 0 Å². The summed E-state index contributed by atoms with van der Waals surface area (Å²) in [6.07, 6.45) is 2.86. The van der Waals surface area contributed by atoms with E-state index in [2.05, 4.69) is 41.1 Å². The molecule has 0 N–H and O–H groups in total. The van der Waals surface area contributed by atoms with Gasteiger partial charge in [-0.15, -0.1) is 11.6 Å². The van der Waals surface area contributed by atoms with Crippen molar-refractivity contribution in [3.05, 3.63) is 53.9 Å². The first-order chi connectivity index (χ1) is 8.74. The number of rotatable bonds is 4. The molecule has 0 saturated heterocycles. The lowest BCUT2D eigenvalue weighted by Crippen LogP contribution is -2.09. The van der Waals surface area contributed by atoms with Crippen molar-refractivity contribution in [3.8, 4) is 0 Å². The van der Waals surface area contributed by atoms with E-state index in [0.717, 1.165) is 17.8 Å². The maximum atomic E-state index is 5.81. The molecule has 2 aromatic rings. The largest absolute Gasteiger partial charge is 0.345 e. The molecule has 0 aliphatic heterocycles. The van der Waals surface area contributed by atoms with Crippen LogP contribution >= 0.6 is 11.6 Å². The smallest absolute Gasteiger partial charge is 0.0648 e. The summed E-state index contributed by atoms with van der Waals surface area (Å²) in [6, 6.07) is 12.6. The summed E-state index contributed by atoms with van der Waals surface area (Å²) >= 11 is 5.81. The zero-order valence-corrected chi connectivity index (χ0v) is 11.5. The second-order valence-corrected chi connectivity index (χ2v) is 4.49. The first-order valence-electron chi connectivity index (χ1n) is 6.08. The van der Waals surface area contributed by atoms with Gasteiger partial charge in [-0.2, -0.15) is 0 Å². The van der Waals surface area contributed by atoms with Gasteiger partial charge in [0.2, 0.25) is 0 Å². The lowest BCUT2D eigenvalue weighted by Gasteiger charge is -2.20. The number of nitrogens with zero attached hydrogens (tertiary/aromatic N) is 2. The predicted molar refractivity (Wildman–Crippen MR) is 77.7 cm³/mol. The second kappa shape index (κ2) is 5.87. The van der Waals surface area contributed by atoms with Crippen molar-refractivity contribution >= 4 is 23.0 Å². The Balaban J connectivity index is 2.25. The molecule has 1 heterocycles. The number of halogens is 1. The molecule has 0 aliphatic carbocycles. The van der Waals surface area contributed by atoms with Gasteiger partial charge in [-0.1, -0.05) is 19.1 Å². The molecule has 0 unspecified atom stereocenters. The minimum atomic E-state index is 0.441. The highest BCUT2D eigenvalue weighted by Crippen LogP contribution is 2.24. The number of aromatic nitrogens is 1. The van der Waals surface area contributed by atoms with E-state index < -0.39 is 0 Å². The topological polar surface area (TPSA) is 16.1 Å². The summed E-state index contributed by atoms with van der Waals surface area (Å²) in [6.45, 7) is 2.16. The summed E-state index contributed by atoms with van der Waals surface area (Å²) < 4.78 is 0. The lowest BCUT2D eigenvalue weighted by atomic mass is 10.1. The van der Waals surface area contributed by atoms with Crippen LogP contribution in [0.2, 0.25) is 0 Å². The number of benzene rings is 1. The summed E-state index contributed by atoms with van der Waals surface area (Å²) in [4.78, 5) is 6.34. The molecule has 0 radical (unpaired) electrons. The van der Waals surface area contributed by atoms with Crippen molar-refractivity contribution in [2.75, 3.05) is 11.9 Å². The SMILES string of the molecule is CCc1ccc(N(C)c2ccnc(CCl)c2)cc1. The lowest BCUT2D eigenvalue weighted by molar-refractivity contribution is 1.11. The van der Waals surface area contributed by atoms with Crippen LogP contribution in [0.4, 0.5) is 11.4 Å². The molecule has 2 nitrogen and oxygen atoms in total. The van der Waals surface area contributed by atoms with Gasteiger partial charge >= 0.3 is 0 Å². The molecule has 2 rings (SSSR count). The number of pyridine rings is 1. The van der Waals surface area contributed by atoms with Crippen LogP contribution in [-0.2, 0) is 12.3 Å². The van der Waals surface area contributed by atoms with Crippen LogP contribution in [0.25, 0.3) is 0 Å². The minimum Gasteiger partial charge on any atom is -0.345 e. The van der Waals surface area contributed by atoms with Crippen molar-refractivity contribution < 1.29 is 0 Å². The Morgan fingerprint density at radius 2 is 1.83 bits per heavy atom. The van der Waals surface area contributed by atoms with Gasteiger partial charge < -0.3 is 4.90 Å². The number of hydrogen-bond acceptors (Lipinski definition) is 2. The highest BCUT2D eigenvalue weighted by Gasteiger charge is 2.04. The normalized spacial score (nSPS) is 10.4. The molecule has 0 atom stereocenters. The number of alkyl halides is 1. The summed E-state index contributed by atoms with van der Waals surface area (Å²) in [5.74, 6) is 0.441. The fourth-order valence-corrected chi connectivity index (χ4v) is 2.00. The Kier molecular flexibility index (Phi) is 4.21. The average Bonchev–Trinajstić information content (AvgIpc) is 2.46. The van der Waals surface area contributed by atoms with Gasteiger partial charge in [0.05, 0.1) is 11.6 Å². The van der Waals surface area contributed by atoms with Crippen LogP contribution in [0.15, 0.2) is 42.6 Å². The van der Waals surface area contributed by atoms with Crippen molar-refractivity contribution in [2.24, 2.45) is 0 Å². The highest BCUT2D eigenvalue weighted by atomic mass is 35.5. The summed E-state index contributed by atoms with van der Waals surface area (Å²) in [5.41, 5.74) is 4.51. The van der Waals surface area contributed by atoms with Gasteiger partial charge in [-0.05, 0) is 36.2 Å². The summed E-state index contributed by atoms with van der Waals surface area (Å²) in [5, 5.41) is 0. The first kappa shape index (κ1) is 12.9. The molecule has 3 heteroatoms. The number of aryl methyl sites for hydroxylation is 1. The Morgan fingerprint density at radius 3 is 2.44 bits per heavy atom. The van der Waals surface area contributed by atoms with Crippen molar-refractivity contribution in [1.82, 2.24) is 4.98 Å². The molecule has 0 fully saturated rings. The van der Waals surface area contributed by atoms with Crippen LogP contribution < -0.4 is 4.90 Å². The minimum absolute atomic E-state index is 0.441. The standard InChI is InChI=1S/C15H17ClN2/c1-3-12-4-6-14(7-5-12)18(2)15-8-9-17-13(10-15)11-16/h4-10H,3,11H2,1-2H3. The van der Waals surface area contributed by atoms with E-state index in [-0.39, 0.29) is 0 Å². The zero-order valence-electron chi connectivity index (χ0n) is 10.7. The van der Waals surface area contributed by atoms with Gasteiger partial charge in [0.1, 0.15) is 0 Å². The molecule has 0 saturated carbocycles. The molecule has 94 valence electrons. The Labute approximate surface area is 113 Å². The molecule has 0 amide bonds. The summed E-state index contributed by atoms with van der Waals surface area (Å²) in [7, 11) is 2.05. The molecular weight excluding hydrogens is 244 g/mol. The van der Waals surface area contributed by atoms with Crippen LogP contribution in [0.1, 0.15) is 18.2 Å². The maximum Gasteiger partial charge on any atom is 0.0648 e. The van der Waals surface area contributed by atoms with Gasteiger partial charge in [0.15, 0.2) is 0 Å². The van der Waals surface area contributed by atoms with E-state index in [4.69, 9.17) is 11.6 Å². The Morgan fingerprint density at radius 1 is 1.11 bits per heavy atom. The quantitative estimate of drug-likeness (QED) is 0.768. The van der Waals surface area contributed by atoms with Gasteiger partial charge in [0, 0.05) is 24.6 Å². The number of hydrogen-bond donors (Lipinski definition) is 0. The van der Waals surface area contributed by atoms with Crippen LogP contribution in [0.3, 0.4) is 0 Å². The van der Waals surface area contributed by atoms with E-state index in [1.807, 2.05) is 19.2 Å². The van der Waals surface area contributed by atoms with E-state index in [1.54, 1.807) is 6.20 Å². The van der Waals surface area contributed by atoms with Crippen molar-refractivity contribution in [2.45, 2.75) is 19.2 Å². The monoisotopic (exact) mass is 260 g/mol. The average molecular weight is 261 g/mol. The molecule has 0 bridgehead atoms.